The van der Waals surface area contributed by atoms with Crippen molar-refractivity contribution < 1.29 is 19.8 Å². The first kappa shape index (κ1) is 13.2. The molecule has 92 valence electrons. The minimum absolute atomic E-state index is 0.117. The number of rotatable bonds is 5. The Morgan fingerprint density at radius 1 is 1.00 bits per heavy atom. The maximum absolute atomic E-state index is 10.9. The summed E-state index contributed by atoms with van der Waals surface area (Å²) in [6.07, 6.45) is 0. The lowest BCUT2D eigenvalue weighted by Gasteiger charge is -2.23. The predicted molar refractivity (Wildman–Crippen MR) is 62.8 cm³/mol. The van der Waals surface area contributed by atoms with Crippen LogP contribution in [0.4, 0.5) is 0 Å². The molecule has 4 nitrogen and oxygen atoms in total. The highest BCUT2D eigenvalue weighted by molar-refractivity contribution is 5.93. The molecule has 17 heavy (non-hydrogen) atoms. The van der Waals surface area contributed by atoms with Crippen molar-refractivity contribution in [3.05, 3.63) is 35.9 Å². The number of carbonyl (C=O) groups is 2. The largest absolute Gasteiger partial charge is 0.481 e. The zero-order valence-electron chi connectivity index (χ0n) is 9.83. The van der Waals surface area contributed by atoms with Crippen LogP contribution in [0.5, 0.6) is 0 Å². The van der Waals surface area contributed by atoms with E-state index in [1.807, 2.05) is 37.3 Å². The fraction of sp³-hybridized carbons (Fsp3) is 0.385. The van der Waals surface area contributed by atoms with Gasteiger partial charge in [0.15, 0.2) is 5.92 Å². The van der Waals surface area contributed by atoms with Gasteiger partial charge in [-0.15, -0.1) is 0 Å². The van der Waals surface area contributed by atoms with Crippen molar-refractivity contribution in [3.8, 4) is 0 Å². The molecule has 2 unspecified atom stereocenters. The molecule has 0 aliphatic carbocycles. The lowest BCUT2D eigenvalue weighted by Crippen LogP contribution is -2.32. The molecular weight excluding hydrogens is 220 g/mol. The van der Waals surface area contributed by atoms with Gasteiger partial charge in [-0.05, 0) is 17.4 Å². The Morgan fingerprint density at radius 2 is 1.47 bits per heavy atom. The van der Waals surface area contributed by atoms with E-state index in [2.05, 4.69) is 0 Å². The summed E-state index contributed by atoms with van der Waals surface area (Å²) < 4.78 is 0. The van der Waals surface area contributed by atoms with Gasteiger partial charge in [0.25, 0.3) is 0 Å². The van der Waals surface area contributed by atoms with E-state index in [4.69, 9.17) is 10.2 Å². The average molecular weight is 236 g/mol. The molecule has 0 radical (unpaired) electrons. The van der Waals surface area contributed by atoms with Gasteiger partial charge in [-0.25, -0.2) is 0 Å². The zero-order chi connectivity index (χ0) is 13.0. The molecule has 2 N–H and O–H groups in total. The third kappa shape index (κ3) is 3.06. The van der Waals surface area contributed by atoms with Crippen LogP contribution in [0.3, 0.4) is 0 Å². The summed E-state index contributed by atoms with van der Waals surface area (Å²) in [6.45, 7) is 3.50. The standard InChI is InChI=1S/C13H16O4/c1-8(10-6-4-3-5-7-10)9(2)11(12(14)15)13(16)17/h3-9,11H,1-2H3,(H,14,15)(H,16,17). The Balaban J connectivity index is 2.92. The van der Waals surface area contributed by atoms with Crippen molar-refractivity contribution in [2.75, 3.05) is 0 Å². The second kappa shape index (κ2) is 5.48. The maximum atomic E-state index is 10.9. The molecule has 2 atom stereocenters. The number of carboxylic acid groups (broad SMARTS) is 2. The molecule has 0 bridgehead atoms. The number of aliphatic carboxylic acids is 2. The third-order valence-electron chi connectivity index (χ3n) is 3.17. The van der Waals surface area contributed by atoms with E-state index < -0.39 is 23.8 Å². The van der Waals surface area contributed by atoms with Crippen LogP contribution in [0.2, 0.25) is 0 Å². The van der Waals surface area contributed by atoms with E-state index >= 15 is 0 Å². The molecule has 1 aromatic rings. The van der Waals surface area contributed by atoms with E-state index in [-0.39, 0.29) is 5.92 Å². The molecule has 0 aromatic heterocycles. The summed E-state index contributed by atoms with van der Waals surface area (Å²) in [4.78, 5) is 21.9. The summed E-state index contributed by atoms with van der Waals surface area (Å²) >= 11 is 0. The summed E-state index contributed by atoms with van der Waals surface area (Å²) in [5.74, 6) is -4.52. The molecule has 0 fully saturated rings. The lowest BCUT2D eigenvalue weighted by atomic mass is 9.80. The molecule has 0 aliphatic heterocycles. The van der Waals surface area contributed by atoms with Crippen molar-refractivity contribution in [2.45, 2.75) is 19.8 Å². The zero-order valence-corrected chi connectivity index (χ0v) is 9.83. The van der Waals surface area contributed by atoms with E-state index in [0.29, 0.717) is 0 Å². The van der Waals surface area contributed by atoms with E-state index in [9.17, 15) is 9.59 Å². The monoisotopic (exact) mass is 236 g/mol. The Kier molecular flexibility index (Phi) is 4.26. The molecule has 1 aromatic carbocycles. The first-order valence-electron chi connectivity index (χ1n) is 5.45. The normalized spacial score (nSPS) is 14.3. The molecule has 1 rings (SSSR count). The van der Waals surface area contributed by atoms with Gasteiger partial charge in [0, 0.05) is 0 Å². The van der Waals surface area contributed by atoms with Crippen LogP contribution >= 0.6 is 0 Å². The Labute approximate surface area is 99.9 Å². The van der Waals surface area contributed by atoms with Gasteiger partial charge >= 0.3 is 11.9 Å². The Hall–Kier alpha value is -1.84. The quantitative estimate of drug-likeness (QED) is 0.768. The topological polar surface area (TPSA) is 74.6 Å². The minimum Gasteiger partial charge on any atom is -0.481 e. The second-order valence-corrected chi connectivity index (χ2v) is 4.21. The Bertz CT molecular complexity index is 385. The van der Waals surface area contributed by atoms with Crippen LogP contribution in [0.1, 0.15) is 25.3 Å². The predicted octanol–water partition coefficient (Wildman–Crippen LogP) is 2.21. The summed E-state index contributed by atoms with van der Waals surface area (Å²) in [7, 11) is 0. The van der Waals surface area contributed by atoms with Crippen LogP contribution in [0.25, 0.3) is 0 Å². The smallest absolute Gasteiger partial charge is 0.318 e. The van der Waals surface area contributed by atoms with Crippen molar-refractivity contribution in [2.24, 2.45) is 11.8 Å². The molecule has 0 spiro atoms. The first-order valence-corrected chi connectivity index (χ1v) is 5.45. The van der Waals surface area contributed by atoms with Crippen LogP contribution in [0, 0.1) is 11.8 Å². The van der Waals surface area contributed by atoms with Gasteiger partial charge in [-0.2, -0.15) is 0 Å². The van der Waals surface area contributed by atoms with Gasteiger partial charge in [-0.1, -0.05) is 44.2 Å². The molecule has 0 heterocycles. The first-order chi connectivity index (χ1) is 7.95. The second-order valence-electron chi connectivity index (χ2n) is 4.21. The number of hydrogen-bond acceptors (Lipinski definition) is 2. The highest BCUT2D eigenvalue weighted by Gasteiger charge is 2.35. The van der Waals surface area contributed by atoms with E-state index in [0.717, 1.165) is 5.56 Å². The summed E-state index contributed by atoms with van der Waals surface area (Å²) in [5.41, 5.74) is 0.951. The van der Waals surface area contributed by atoms with Gasteiger partial charge < -0.3 is 10.2 Å². The highest BCUT2D eigenvalue weighted by atomic mass is 16.4. The SMILES string of the molecule is CC(c1ccccc1)C(C)C(C(=O)O)C(=O)O. The average Bonchev–Trinajstić information content (AvgIpc) is 2.28. The molecule has 0 saturated heterocycles. The molecule has 0 aliphatic rings. The van der Waals surface area contributed by atoms with Crippen LogP contribution in [-0.2, 0) is 9.59 Å². The van der Waals surface area contributed by atoms with Gasteiger partial charge in [0.05, 0.1) is 0 Å². The van der Waals surface area contributed by atoms with Gasteiger partial charge in [0.1, 0.15) is 0 Å². The number of carboxylic acids is 2. The summed E-state index contributed by atoms with van der Waals surface area (Å²) in [5, 5.41) is 17.9. The van der Waals surface area contributed by atoms with Crippen LogP contribution in [0.15, 0.2) is 30.3 Å². The summed E-state index contributed by atoms with van der Waals surface area (Å²) in [6, 6.07) is 9.33. The Morgan fingerprint density at radius 3 is 1.88 bits per heavy atom. The van der Waals surface area contributed by atoms with Crippen molar-refractivity contribution >= 4 is 11.9 Å². The minimum atomic E-state index is -1.37. The van der Waals surface area contributed by atoms with Crippen molar-refractivity contribution in [3.63, 3.8) is 0 Å². The molecule has 0 saturated carbocycles. The van der Waals surface area contributed by atoms with Gasteiger partial charge in [-0.3, -0.25) is 9.59 Å². The van der Waals surface area contributed by atoms with Crippen molar-refractivity contribution in [1.82, 2.24) is 0 Å². The van der Waals surface area contributed by atoms with E-state index in [1.165, 1.54) is 0 Å². The van der Waals surface area contributed by atoms with Gasteiger partial charge in [0.2, 0.25) is 0 Å². The number of hydrogen-bond donors (Lipinski definition) is 2. The van der Waals surface area contributed by atoms with Crippen LogP contribution in [-0.4, -0.2) is 22.2 Å². The van der Waals surface area contributed by atoms with Crippen molar-refractivity contribution in [1.29, 1.82) is 0 Å². The fourth-order valence-electron chi connectivity index (χ4n) is 1.90. The van der Waals surface area contributed by atoms with Crippen LogP contribution < -0.4 is 0 Å². The third-order valence-corrected chi connectivity index (χ3v) is 3.17. The lowest BCUT2D eigenvalue weighted by molar-refractivity contribution is -0.157. The number of benzene rings is 1. The van der Waals surface area contributed by atoms with E-state index in [1.54, 1.807) is 6.92 Å². The maximum Gasteiger partial charge on any atom is 0.318 e. The molecule has 0 amide bonds. The molecular formula is C13H16O4. The fourth-order valence-corrected chi connectivity index (χ4v) is 1.90. The highest BCUT2D eigenvalue weighted by Crippen LogP contribution is 2.30. The molecule has 4 heteroatoms.